The quantitative estimate of drug-likeness (QED) is 0.791. The third-order valence-electron chi connectivity index (χ3n) is 3.73. The lowest BCUT2D eigenvalue weighted by molar-refractivity contribution is 0.492. The Bertz CT molecular complexity index is 352. The molecule has 3 rings (SSSR count). The van der Waals surface area contributed by atoms with Crippen molar-refractivity contribution in [2.75, 3.05) is 6.54 Å². The Balaban J connectivity index is 1.47. The van der Waals surface area contributed by atoms with E-state index in [-0.39, 0.29) is 0 Å². The number of hydrogen-bond donors (Lipinski definition) is 1. The van der Waals surface area contributed by atoms with Crippen LogP contribution in [0.1, 0.15) is 44.5 Å². The molecule has 1 heterocycles. The molecule has 1 N–H and O–H groups in total. The molecule has 0 amide bonds. The highest BCUT2D eigenvalue weighted by atomic mass is 15.3. The summed E-state index contributed by atoms with van der Waals surface area (Å²) in [6.45, 7) is 3.33. The zero-order valence-electron chi connectivity index (χ0n) is 9.89. The van der Waals surface area contributed by atoms with E-state index in [9.17, 15) is 0 Å². The van der Waals surface area contributed by atoms with Crippen LogP contribution in [0.2, 0.25) is 0 Å². The second kappa shape index (κ2) is 4.17. The smallest absolute Gasteiger partial charge is 0.134 e. The first kappa shape index (κ1) is 10.3. The van der Waals surface area contributed by atoms with Crippen molar-refractivity contribution in [1.82, 2.24) is 20.1 Å². The number of nitrogens with zero attached hydrogens (tertiary/aromatic N) is 3. The zero-order valence-corrected chi connectivity index (χ0v) is 9.89. The topological polar surface area (TPSA) is 42.7 Å². The SMILES string of the molecule is CC(NCCc1nncn1C1CC1)C1CC1. The molecule has 0 saturated heterocycles. The van der Waals surface area contributed by atoms with Crippen molar-refractivity contribution in [3.8, 4) is 0 Å². The van der Waals surface area contributed by atoms with Crippen LogP contribution in [0.25, 0.3) is 0 Å². The first-order valence-electron chi connectivity index (χ1n) is 6.46. The summed E-state index contributed by atoms with van der Waals surface area (Å²) in [4.78, 5) is 0. The molecule has 2 saturated carbocycles. The molecule has 0 aliphatic heterocycles. The summed E-state index contributed by atoms with van der Waals surface area (Å²) in [6, 6.07) is 1.38. The van der Waals surface area contributed by atoms with Crippen molar-refractivity contribution in [3.05, 3.63) is 12.2 Å². The molecule has 16 heavy (non-hydrogen) atoms. The van der Waals surface area contributed by atoms with Crippen LogP contribution < -0.4 is 5.32 Å². The van der Waals surface area contributed by atoms with Crippen molar-refractivity contribution >= 4 is 0 Å². The Morgan fingerprint density at radius 2 is 2.25 bits per heavy atom. The molecule has 2 fully saturated rings. The molecule has 1 aromatic rings. The van der Waals surface area contributed by atoms with Gasteiger partial charge in [0, 0.05) is 25.0 Å². The predicted octanol–water partition coefficient (Wildman–Crippen LogP) is 1.54. The van der Waals surface area contributed by atoms with Gasteiger partial charge in [0.25, 0.3) is 0 Å². The maximum absolute atomic E-state index is 4.21. The van der Waals surface area contributed by atoms with Crippen molar-refractivity contribution in [1.29, 1.82) is 0 Å². The molecule has 0 spiro atoms. The van der Waals surface area contributed by atoms with Gasteiger partial charge >= 0.3 is 0 Å². The van der Waals surface area contributed by atoms with Crippen LogP contribution >= 0.6 is 0 Å². The first-order valence-corrected chi connectivity index (χ1v) is 6.46. The van der Waals surface area contributed by atoms with Crippen LogP contribution in [0, 0.1) is 5.92 Å². The average molecular weight is 220 g/mol. The molecular weight excluding hydrogens is 200 g/mol. The van der Waals surface area contributed by atoms with E-state index in [0.29, 0.717) is 12.1 Å². The maximum Gasteiger partial charge on any atom is 0.134 e. The molecule has 88 valence electrons. The summed E-state index contributed by atoms with van der Waals surface area (Å²) in [5.41, 5.74) is 0. The summed E-state index contributed by atoms with van der Waals surface area (Å²) in [7, 11) is 0. The molecule has 1 atom stereocenters. The lowest BCUT2D eigenvalue weighted by Gasteiger charge is -2.12. The van der Waals surface area contributed by atoms with E-state index in [0.717, 1.165) is 24.7 Å². The third-order valence-corrected chi connectivity index (χ3v) is 3.73. The van der Waals surface area contributed by atoms with Gasteiger partial charge in [-0.15, -0.1) is 10.2 Å². The molecule has 0 bridgehead atoms. The predicted molar refractivity (Wildman–Crippen MR) is 62.2 cm³/mol. The highest BCUT2D eigenvalue weighted by molar-refractivity contribution is 4.95. The van der Waals surface area contributed by atoms with E-state index < -0.39 is 0 Å². The zero-order chi connectivity index (χ0) is 11.0. The molecule has 1 unspecified atom stereocenters. The largest absolute Gasteiger partial charge is 0.314 e. The van der Waals surface area contributed by atoms with Gasteiger partial charge < -0.3 is 9.88 Å². The summed E-state index contributed by atoms with van der Waals surface area (Å²) in [5, 5.41) is 11.8. The van der Waals surface area contributed by atoms with E-state index in [4.69, 9.17) is 0 Å². The van der Waals surface area contributed by atoms with Gasteiger partial charge in [0.2, 0.25) is 0 Å². The second-order valence-electron chi connectivity index (χ2n) is 5.22. The standard InChI is InChI=1S/C12H20N4/c1-9(10-2-3-10)13-7-6-12-15-14-8-16(12)11-4-5-11/h8-11,13H,2-7H2,1H3. The Morgan fingerprint density at radius 3 is 2.94 bits per heavy atom. The summed E-state index contributed by atoms with van der Waals surface area (Å²) < 4.78 is 2.25. The minimum Gasteiger partial charge on any atom is -0.314 e. The fourth-order valence-corrected chi connectivity index (χ4v) is 2.28. The minimum absolute atomic E-state index is 0.678. The Labute approximate surface area is 96.4 Å². The Morgan fingerprint density at radius 1 is 1.44 bits per heavy atom. The highest BCUT2D eigenvalue weighted by Crippen LogP contribution is 2.35. The molecule has 4 heteroatoms. The van der Waals surface area contributed by atoms with Crippen molar-refractivity contribution in [3.63, 3.8) is 0 Å². The summed E-state index contributed by atoms with van der Waals surface area (Å²) in [6.07, 6.45) is 8.32. The Hall–Kier alpha value is -0.900. The van der Waals surface area contributed by atoms with E-state index in [1.165, 1.54) is 25.7 Å². The van der Waals surface area contributed by atoms with Gasteiger partial charge in [0.05, 0.1) is 0 Å². The lowest BCUT2D eigenvalue weighted by atomic mass is 10.2. The van der Waals surface area contributed by atoms with Crippen LogP contribution in [0.15, 0.2) is 6.33 Å². The fraction of sp³-hybridized carbons (Fsp3) is 0.833. The van der Waals surface area contributed by atoms with Crippen LogP contribution in [0.5, 0.6) is 0 Å². The number of hydrogen-bond acceptors (Lipinski definition) is 3. The summed E-state index contributed by atoms with van der Waals surface area (Å²) in [5.74, 6) is 2.08. The van der Waals surface area contributed by atoms with Crippen LogP contribution in [0.4, 0.5) is 0 Å². The van der Waals surface area contributed by atoms with Gasteiger partial charge in [0.15, 0.2) is 0 Å². The van der Waals surface area contributed by atoms with Crippen LogP contribution in [0.3, 0.4) is 0 Å². The van der Waals surface area contributed by atoms with Gasteiger partial charge in [0.1, 0.15) is 12.2 Å². The molecule has 0 aromatic carbocycles. The molecule has 2 aliphatic rings. The van der Waals surface area contributed by atoms with E-state index >= 15 is 0 Å². The van der Waals surface area contributed by atoms with E-state index in [2.05, 4.69) is 27.0 Å². The lowest BCUT2D eigenvalue weighted by Crippen LogP contribution is -2.30. The maximum atomic E-state index is 4.21. The molecule has 0 radical (unpaired) electrons. The van der Waals surface area contributed by atoms with Crippen molar-refractivity contribution in [2.24, 2.45) is 5.92 Å². The monoisotopic (exact) mass is 220 g/mol. The van der Waals surface area contributed by atoms with Gasteiger partial charge in [-0.05, 0) is 38.5 Å². The highest BCUT2D eigenvalue weighted by Gasteiger charge is 2.28. The Kier molecular flexibility index (Phi) is 2.67. The first-order chi connectivity index (χ1) is 7.84. The van der Waals surface area contributed by atoms with Gasteiger partial charge in [-0.1, -0.05) is 0 Å². The second-order valence-corrected chi connectivity index (χ2v) is 5.22. The number of rotatable bonds is 6. The van der Waals surface area contributed by atoms with Gasteiger partial charge in [-0.2, -0.15) is 0 Å². The molecular formula is C12H20N4. The molecule has 1 aromatic heterocycles. The van der Waals surface area contributed by atoms with Gasteiger partial charge in [-0.3, -0.25) is 0 Å². The molecule has 4 nitrogen and oxygen atoms in total. The van der Waals surface area contributed by atoms with Crippen LogP contribution in [-0.4, -0.2) is 27.4 Å². The minimum atomic E-state index is 0.678. The van der Waals surface area contributed by atoms with Crippen molar-refractivity contribution < 1.29 is 0 Å². The number of aromatic nitrogens is 3. The number of nitrogens with one attached hydrogen (secondary N) is 1. The van der Waals surface area contributed by atoms with E-state index in [1.807, 2.05) is 6.33 Å². The third kappa shape index (κ3) is 2.26. The normalized spacial score (nSPS) is 22.3. The average Bonchev–Trinajstić information content (AvgIpc) is 3.18. The van der Waals surface area contributed by atoms with E-state index in [1.54, 1.807) is 0 Å². The molecule has 2 aliphatic carbocycles. The summed E-state index contributed by atoms with van der Waals surface area (Å²) >= 11 is 0. The van der Waals surface area contributed by atoms with Crippen LogP contribution in [-0.2, 0) is 6.42 Å². The van der Waals surface area contributed by atoms with Gasteiger partial charge in [-0.25, -0.2) is 0 Å². The van der Waals surface area contributed by atoms with Crippen molar-refractivity contribution in [2.45, 2.75) is 51.1 Å². The fourth-order valence-electron chi connectivity index (χ4n) is 2.28.